The van der Waals surface area contributed by atoms with Crippen molar-refractivity contribution in [1.29, 1.82) is 0 Å². The van der Waals surface area contributed by atoms with Crippen LogP contribution in [-0.4, -0.2) is 23.8 Å². The summed E-state index contributed by atoms with van der Waals surface area (Å²) in [6.07, 6.45) is -0.969. The van der Waals surface area contributed by atoms with Gasteiger partial charge in [0.1, 0.15) is 0 Å². The van der Waals surface area contributed by atoms with E-state index < -0.39 is 18.0 Å². The normalized spacial score (nSPS) is 11.4. The van der Waals surface area contributed by atoms with Crippen LogP contribution in [0.2, 0.25) is 0 Å². The van der Waals surface area contributed by atoms with Crippen LogP contribution in [-0.2, 0) is 9.53 Å². The Balaban J connectivity index is 1.63. The third kappa shape index (κ3) is 5.00. The second-order valence-corrected chi connectivity index (χ2v) is 7.13. The summed E-state index contributed by atoms with van der Waals surface area (Å²) in [6.45, 7) is 5.35. The Hall–Kier alpha value is -3.73. The predicted molar refractivity (Wildman–Crippen MR) is 116 cm³/mol. The average molecular weight is 401 g/mol. The van der Waals surface area contributed by atoms with Gasteiger partial charge in [0, 0.05) is 16.8 Å². The van der Waals surface area contributed by atoms with Crippen LogP contribution < -0.4 is 5.32 Å². The molecular weight excluding hydrogens is 378 g/mol. The van der Waals surface area contributed by atoms with Crippen molar-refractivity contribution in [2.45, 2.75) is 26.9 Å². The number of carbonyl (C=O) groups excluding carboxylic acids is 3. The summed E-state index contributed by atoms with van der Waals surface area (Å²) in [6, 6.07) is 20.8. The summed E-state index contributed by atoms with van der Waals surface area (Å²) in [5.74, 6) is -1.16. The van der Waals surface area contributed by atoms with Crippen LogP contribution in [0.15, 0.2) is 72.8 Å². The first kappa shape index (κ1) is 21.0. The van der Waals surface area contributed by atoms with Crippen molar-refractivity contribution in [1.82, 2.24) is 0 Å². The summed E-state index contributed by atoms with van der Waals surface area (Å²) < 4.78 is 5.29. The van der Waals surface area contributed by atoms with Crippen molar-refractivity contribution < 1.29 is 19.1 Å². The monoisotopic (exact) mass is 401 g/mol. The van der Waals surface area contributed by atoms with Gasteiger partial charge in [-0.25, -0.2) is 4.79 Å². The van der Waals surface area contributed by atoms with Gasteiger partial charge in [0.2, 0.25) is 0 Å². The van der Waals surface area contributed by atoms with Gasteiger partial charge in [-0.05, 0) is 50.1 Å². The highest BCUT2D eigenvalue weighted by Gasteiger charge is 2.20. The lowest BCUT2D eigenvalue weighted by atomic mass is 10.0. The second kappa shape index (κ2) is 9.18. The van der Waals surface area contributed by atoms with Crippen LogP contribution in [0.5, 0.6) is 0 Å². The maximum absolute atomic E-state index is 12.5. The van der Waals surface area contributed by atoms with Gasteiger partial charge in [-0.15, -0.1) is 0 Å². The Morgan fingerprint density at radius 3 is 2.07 bits per heavy atom. The van der Waals surface area contributed by atoms with Crippen molar-refractivity contribution in [3.05, 3.63) is 101 Å². The van der Waals surface area contributed by atoms with Gasteiger partial charge in [0.05, 0.1) is 5.56 Å². The van der Waals surface area contributed by atoms with E-state index in [9.17, 15) is 14.4 Å². The van der Waals surface area contributed by atoms with Crippen LogP contribution in [0.1, 0.15) is 44.3 Å². The lowest BCUT2D eigenvalue weighted by Gasteiger charge is -2.15. The van der Waals surface area contributed by atoms with Gasteiger partial charge in [0.25, 0.3) is 5.91 Å². The topological polar surface area (TPSA) is 72.5 Å². The minimum Gasteiger partial charge on any atom is -0.449 e. The minimum absolute atomic E-state index is 0.128. The van der Waals surface area contributed by atoms with Crippen LogP contribution >= 0.6 is 0 Å². The molecule has 1 amide bonds. The molecule has 0 saturated carbocycles. The van der Waals surface area contributed by atoms with Crippen LogP contribution in [0, 0.1) is 13.8 Å². The van der Waals surface area contributed by atoms with E-state index in [1.165, 1.54) is 19.1 Å². The maximum Gasteiger partial charge on any atom is 0.338 e. The van der Waals surface area contributed by atoms with Crippen molar-refractivity contribution in [3.63, 3.8) is 0 Å². The zero-order chi connectivity index (χ0) is 21.7. The number of hydrogen-bond acceptors (Lipinski definition) is 4. The third-order valence-corrected chi connectivity index (χ3v) is 4.72. The number of benzene rings is 3. The number of ether oxygens (including phenoxy) is 1. The number of hydrogen-bond donors (Lipinski definition) is 1. The molecule has 0 fully saturated rings. The highest BCUT2D eigenvalue weighted by molar-refractivity contribution is 6.09. The first-order valence-electron chi connectivity index (χ1n) is 9.64. The van der Waals surface area contributed by atoms with Gasteiger partial charge in [0.15, 0.2) is 11.9 Å². The summed E-state index contributed by atoms with van der Waals surface area (Å²) in [5.41, 5.74) is 3.94. The maximum atomic E-state index is 12.5. The number of carbonyl (C=O) groups is 3. The molecule has 3 rings (SSSR count). The highest BCUT2D eigenvalue weighted by Crippen LogP contribution is 2.17. The van der Waals surface area contributed by atoms with E-state index >= 15 is 0 Å². The van der Waals surface area contributed by atoms with Crippen molar-refractivity contribution in [2.75, 3.05) is 5.32 Å². The van der Waals surface area contributed by atoms with Crippen molar-refractivity contribution in [3.8, 4) is 0 Å². The van der Waals surface area contributed by atoms with E-state index in [0.29, 0.717) is 16.8 Å². The highest BCUT2D eigenvalue weighted by atomic mass is 16.5. The second-order valence-electron chi connectivity index (χ2n) is 7.13. The van der Waals surface area contributed by atoms with E-state index in [-0.39, 0.29) is 11.3 Å². The Labute approximate surface area is 175 Å². The molecule has 0 aromatic heterocycles. The average Bonchev–Trinajstić information content (AvgIpc) is 2.76. The van der Waals surface area contributed by atoms with E-state index in [1.54, 1.807) is 36.4 Å². The fourth-order valence-electron chi connectivity index (χ4n) is 2.90. The van der Waals surface area contributed by atoms with Gasteiger partial charge < -0.3 is 10.1 Å². The molecule has 1 N–H and O–H groups in total. The van der Waals surface area contributed by atoms with E-state index in [4.69, 9.17) is 4.74 Å². The molecule has 5 heteroatoms. The molecular formula is C25H23NO4. The molecule has 0 saturated heterocycles. The molecule has 0 aliphatic heterocycles. The number of ketones is 1. The summed E-state index contributed by atoms with van der Waals surface area (Å²) >= 11 is 0. The number of rotatable bonds is 6. The summed E-state index contributed by atoms with van der Waals surface area (Å²) in [5, 5.41) is 2.79. The molecule has 152 valence electrons. The molecule has 0 radical (unpaired) electrons. The third-order valence-electron chi connectivity index (χ3n) is 4.72. The molecule has 0 spiro atoms. The number of amides is 1. The fraction of sp³-hybridized carbons (Fsp3) is 0.160. The number of nitrogens with one attached hydrogen (secondary N) is 1. The molecule has 5 nitrogen and oxygen atoms in total. The molecule has 0 bridgehead atoms. The van der Waals surface area contributed by atoms with Gasteiger partial charge >= 0.3 is 5.97 Å². The lowest BCUT2D eigenvalue weighted by Crippen LogP contribution is -2.30. The Morgan fingerprint density at radius 2 is 1.40 bits per heavy atom. The summed E-state index contributed by atoms with van der Waals surface area (Å²) in [7, 11) is 0. The Morgan fingerprint density at radius 1 is 0.800 bits per heavy atom. The van der Waals surface area contributed by atoms with Gasteiger partial charge in [-0.1, -0.05) is 54.6 Å². The smallest absolute Gasteiger partial charge is 0.338 e. The van der Waals surface area contributed by atoms with Gasteiger partial charge in [-0.2, -0.15) is 0 Å². The first-order chi connectivity index (χ1) is 14.3. The SMILES string of the molecule is Cc1ccc(C)c(NC(=O)[C@H](C)OC(=O)c2ccc(C(=O)c3ccccc3)cc2)c1. The quantitative estimate of drug-likeness (QED) is 0.479. The molecule has 3 aromatic carbocycles. The van der Waals surface area contributed by atoms with Crippen LogP contribution in [0.25, 0.3) is 0 Å². The standard InChI is InChI=1S/C25H23NO4/c1-16-9-10-17(2)22(15-16)26-24(28)18(3)30-25(29)21-13-11-20(12-14-21)23(27)19-7-5-4-6-8-19/h4-15,18H,1-3H3,(H,26,28)/t18-/m0/s1. The van der Waals surface area contributed by atoms with Crippen molar-refractivity contribution in [2.24, 2.45) is 0 Å². The Kier molecular flexibility index (Phi) is 6.42. The van der Waals surface area contributed by atoms with Gasteiger partial charge in [-0.3, -0.25) is 9.59 Å². The number of aryl methyl sites for hydroxylation is 2. The zero-order valence-electron chi connectivity index (χ0n) is 17.1. The molecule has 1 atom stereocenters. The van der Waals surface area contributed by atoms with E-state index in [1.807, 2.05) is 38.1 Å². The number of esters is 1. The molecule has 0 aliphatic carbocycles. The Bertz CT molecular complexity index is 1070. The number of anilines is 1. The predicted octanol–water partition coefficient (Wildman–Crippen LogP) is 4.72. The largest absolute Gasteiger partial charge is 0.449 e. The fourth-order valence-corrected chi connectivity index (χ4v) is 2.90. The van der Waals surface area contributed by atoms with Crippen molar-refractivity contribution >= 4 is 23.3 Å². The van der Waals surface area contributed by atoms with Crippen LogP contribution in [0.4, 0.5) is 5.69 Å². The van der Waals surface area contributed by atoms with Crippen LogP contribution in [0.3, 0.4) is 0 Å². The minimum atomic E-state index is -0.969. The van der Waals surface area contributed by atoms with E-state index in [2.05, 4.69) is 5.32 Å². The van der Waals surface area contributed by atoms with E-state index in [0.717, 1.165) is 11.1 Å². The first-order valence-corrected chi connectivity index (χ1v) is 9.64. The lowest BCUT2D eigenvalue weighted by molar-refractivity contribution is -0.123. The molecule has 0 unspecified atom stereocenters. The zero-order valence-corrected chi connectivity index (χ0v) is 17.1. The molecule has 0 aliphatic rings. The molecule has 30 heavy (non-hydrogen) atoms. The molecule has 3 aromatic rings. The summed E-state index contributed by atoms with van der Waals surface area (Å²) in [4.78, 5) is 37.3. The molecule has 0 heterocycles.